The Morgan fingerprint density at radius 1 is 1.35 bits per heavy atom. The second-order valence-corrected chi connectivity index (χ2v) is 5.80. The molecule has 1 aliphatic rings. The number of aromatic nitrogens is 2. The van der Waals surface area contributed by atoms with Gasteiger partial charge in [0.05, 0.1) is 0 Å². The van der Waals surface area contributed by atoms with Crippen molar-refractivity contribution in [3.05, 3.63) is 10.8 Å². The highest BCUT2D eigenvalue weighted by atomic mass is 32.1. The Kier molecular flexibility index (Phi) is 4.92. The minimum absolute atomic E-state index is 0.583. The predicted octanol–water partition coefficient (Wildman–Crippen LogP) is 3.13. The lowest BCUT2D eigenvalue weighted by Crippen LogP contribution is -2.31. The molecule has 1 aromatic rings. The molecule has 17 heavy (non-hydrogen) atoms. The van der Waals surface area contributed by atoms with Crippen molar-refractivity contribution in [2.24, 2.45) is 0 Å². The van der Waals surface area contributed by atoms with Gasteiger partial charge in [0, 0.05) is 18.4 Å². The molecular formula is C13H23N3S. The molecule has 1 heterocycles. The minimum atomic E-state index is 0.583. The van der Waals surface area contributed by atoms with Crippen LogP contribution in [0.25, 0.3) is 0 Å². The monoisotopic (exact) mass is 253 g/mol. The Morgan fingerprint density at radius 2 is 2.18 bits per heavy atom. The molecule has 1 aromatic heterocycles. The normalized spacial score (nSPS) is 17.3. The minimum Gasteiger partial charge on any atom is -0.314 e. The van der Waals surface area contributed by atoms with Crippen molar-refractivity contribution < 1.29 is 0 Å². The molecule has 0 amide bonds. The van der Waals surface area contributed by atoms with E-state index in [-0.39, 0.29) is 0 Å². The molecule has 0 spiro atoms. The van der Waals surface area contributed by atoms with Gasteiger partial charge in [-0.15, -0.1) is 0 Å². The van der Waals surface area contributed by atoms with Gasteiger partial charge in [0.25, 0.3) is 0 Å². The largest absolute Gasteiger partial charge is 0.314 e. The highest BCUT2D eigenvalue weighted by Crippen LogP contribution is 2.38. The van der Waals surface area contributed by atoms with E-state index in [1.807, 2.05) is 0 Å². The zero-order valence-electron chi connectivity index (χ0n) is 10.9. The van der Waals surface area contributed by atoms with Crippen LogP contribution in [0.1, 0.15) is 62.7 Å². The highest BCUT2D eigenvalue weighted by molar-refractivity contribution is 7.05. The van der Waals surface area contributed by atoms with Gasteiger partial charge in [-0.1, -0.05) is 20.3 Å². The third kappa shape index (κ3) is 4.03. The van der Waals surface area contributed by atoms with Gasteiger partial charge in [0.1, 0.15) is 10.8 Å². The molecule has 1 N–H and O–H groups in total. The average Bonchev–Trinajstić information content (AvgIpc) is 3.08. The van der Waals surface area contributed by atoms with Crippen LogP contribution in [-0.2, 0) is 6.42 Å². The number of hydrogen-bond acceptors (Lipinski definition) is 4. The number of nitrogens with one attached hydrogen (secondary N) is 1. The van der Waals surface area contributed by atoms with Gasteiger partial charge in [-0.25, -0.2) is 4.98 Å². The molecule has 0 aliphatic heterocycles. The maximum atomic E-state index is 4.67. The fraction of sp³-hybridized carbons (Fsp3) is 0.846. The van der Waals surface area contributed by atoms with Gasteiger partial charge < -0.3 is 5.32 Å². The van der Waals surface area contributed by atoms with E-state index >= 15 is 0 Å². The Bertz CT molecular complexity index is 333. The summed E-state index contributed by atoms with van der Waals surface area (Å²) >= 11 is 1.60. The standard InChI is InChI=1S/C13H23N3S/c1-3-5-11(14-8-4-2)9-12-15-13(16-17-12)10-6-7-10/h10-11,14H,3-9H2,1-2H3. The molecule has 3 nitrogen and oxygen atoms in total. The Balaban J connectivity index is 1.85. The molecule has 1 saturated carbocycles. The molecule has 0 aromatic carbocycles. The van der Waals surface area contributed by atoms with Gasteiger partial charge in [-0.05, 0) is 43.8 Å². The summed E-state index contributed by atoms with van der Waals surface area (Å²) in [5, 5.41) is 4.83. The summed E-state index contributed by atoms with van der Waals surface area (Å²) in [5.41, 5.74) is 0. The molecule has 96 valence electrons. The average molecular weight is 253 g/mol. The van der Waals surface area contributed by atoms with E-state index in [1.54, 1.807) is 11.5 Å². The molecule has 2 rings (SSSR count). The van der Waals surface area contributed by atoms with Gasteiger partial charge in [-0.3, -0.25) is 0 Å². The van der Waals surface area contributed by atoms with E-state index in [4.69, 9.17) is 0 Å². The van der Waals surface area contributed by atoms with E-state index in [1.165, 1.54) is 37.1 Å². The maximum absolute atomic E-state index is 4.67. The quantitative estimate of drug-likeness (QED) is 0.773. The van der Waals surface area contributed by atoms with Crippen molar-refractivity contribution in [3.8, 4) is 0 Å². The van der Waals surface area contributed by atoms with E-state index in [9.17, 15) is 0 Å². The van der Waals surface area contributed by atoms with Gasteiger partial charge >= 0.3 is 0 Å². The third-order valence-electron chi connectivity index (χ3n) is 3.17. The molecule has 1 fully saturated rings. The summed E-state index contributed by atoms with van der Waals surface area (Å²) in [7, 11) is 0. The zero-order chi connectivity index (χ0) is 12.1. The van der Waals surface area contributed by atoms with Crippen LogP contribution >= 0.6 is 11.5 Å². The van der Waals surface area contributed by atoms with Gasteiger partial charge in [0.15, 0.2) is 0 Å². The van der Waals surface area contributed by atoms with Gasteiger partial charge in [-0.2, -0.15) is 4.37 Å². The molecule has 1 unspecified atom stereocenters. The first-order valence-corrected chi connectivity index (χ1v) is 7.66. The molecular weight excluding hydrogens is 230 g/mol. The topological polar surface area (TPSA) is 37.8 Å². The molecule has 1 atom stereocenters. The molecule has 4 heteroatoms. The highest BCUT2D eigenvalue weighted by Gasteiger charge is 2.27. The van der Waals surface area contributed by atoms with Crippen LogP contribution in [0.4, 0.5) is 0 Å². The van der Waals surface area contributed by atoms with Crippen molar-refractivity contribution in [3.63, 3.8) is 0 Å². The fourth-order valence-corrected chi connectivity index (χ4v) is 2.84. The smallest absolute Gasteiger partial charge is 0.145 e. The van der Waals surface area contributed by atoms with Crippen molar-refractivity contribution >= 4 is 11.5 Å². The van der Waals surface area contributed by atoms with Crippen LogP contribution in [0.5, 0.6) is 0 Å². The SMILES string of the molecule is CCCNC(CCC)Cc1nc(C2CC2)ns1. The van der Waals surface area contributed by atoms with E-state index in [2.05, 4.69) is 28.5 Å². The van der Waals surface area contributed by atoms with Crippen molar-refractivity contribution in [2.75, 3.05) is 6.54 Å². The molecule has 0 saturated heterocycles. The lowest BCUT2D eigenvalue weighted by Gasteiger charge is -2.15. The lowest BCUT2D eigenvalue weighted by molar-refractivity contribution is 0.472. The number of nitrogens with zero attached hydrogens (tertiary/aromatic N) is 2. The summed E-state index contributed by atoms with van der Waals surface area (Å²) in [4.78, 5) is 4.67. The van der Waals surface area contributed by atoms with E-state index < -0.39 is 0 Å². The van der Waals surface area contributed by atoms with Crippen LogP contribution < -0.4 is 5.32 Å². The van der Waals surface area contributed by atoms with Crippen molar-refractivity contribution in [1.82, 2.24) is 14.7 Å². The second kappa shape index (κ2) is 6.45. The zero-order valence-corrected chi connectivity index (χ0v) is 11.7. The summed E-state index contributed by atoms with van der Waals surface area (Å²) in [6.45, 7) is 5.57. The molecule has 1 aliphatic carbocycles. The molecule has 0 radical (unpaired) electrons. The number of rotatable bonds is 8. The first-order valence-electron chi connectivity index (χ1n) is 6.89. The molecule has 0 bridgehead atoms. The third-order valence-corrected chi connectivity index (χ3v) is 3.91. The first-order chi connectivity index (χ1) is 8.33. The van der Waals surface area contributed by atoms with Crippen LogP contribution in [-0.4, -0.2) is 21.9 Å². The van der Waals surface area contributed by atoms with Crippen LogP contribution in [0.3, 0.4) is 0 Å². The Labute approximate surface area is 108 Å². The second-order valence-electron chi connectivity index (χ2n) is 4.96. The summed E-state index contributed by atoms with van der Waals surface area (Å²) in [6, 6.07) is 0.583. The van der Waals surface area contributed by atoms with Gasteiger partial charge in [0.2, 0.25) is 0 Å². The number of hydrogen-bond donors (Lipinski definition) is 1. The Morgan fingerprint density at radius 3 is 2.82 bits per heavy atom. The Hall–Kier alpha value is -0.480. The fourth-order valence-electron chi connectivity index (χ4n) is 2.04. The first kappa shape index (κ1) is 13.0. The van der Waals surface area contributed by atoms with E-state index in [0.29, 0.717) is 12.0 Å². The maximum Gasteiger partial charge on any atom is 0.145 e. The summed E-state index contributed by atoms with van der Waals surface area (Å²) in [6.07, 6.45) is 7.31. The summed E-state index contributed by atoms with van der Waals surface area (Å²) < 4.78 is 4.47. The van der Waals surface area contributed by atoms with Crippen LogP contribution in [0.2, 0.25) is 0 Å². The van der Waals surface area contributed by atoms with E-state index in [0.717, 1.165) is 18.8 Å². The summed E-state index contributed by atoms with van der Waals surface area (Å²) in [5.74, 6) is 1.80. The van der Waals surface area contributed by atoms with Crippen molar-refractivity contribution in [1.29, 1.82) is 0 Å². The van der Waals surface area contributed by atoms with Crippen LogP contribution in [0.15, 0.2) is 0 Å². The van der Waals surface area contributed by atoms with Crippen LogP contribution in [0, 0.1) is 0 Å². The lowest BCUT2D eigenvalue weighted by atomic mass is 10.1. The van der Waals surface area contributed by atoms with Crippen molar-refractivity contribution in [2.45, 2.75) is 64.3 Å². The predicted molar refractivity (Wildman–Crippen MR) is 72.6 cm³/mol.